The summed E-state index contributed by atoms with van der Waals surface area (Å²) in [5.74, 6) is -1.74. The van der Waals surface area contributed by atoms with Crippen molar-refractivity contribution in [2.75, 3.05) is 26.4 Å². The third-order valence-corrected chi connectivity index (χ3v) is 8.96. The number of fused-ring (bicyclic) bond motifs is 3. The number of hydrogen-bond donors (Lipinski definition) is 2. The highest BCUT2D eigenvalue weighted by Crippen LogP contribution is 2.54. The van der Waals surface area contributed by atoms with E-state index in [4.69, 9.17) is 19.7 Å². The molecular formula is C33H46O6. The molecule has 1 aliphatic rings. The van der Waals surface area contributed by atoms with Crippen molar-refractivity contribution in [2.24, 2.45) is 0 Å². The van der Waals surface area contributed by atoms with Crippen molar-refractivity contribution in [1.82, 2.24) is 0 Å². The van der Waals surface area contributed by atoms with Crippen LogP contribution in [0.2, 0.25) is 0 Å². The summed E-state index contributed by atoms with van der Waals surface area (Å²) in [5, 5.41) is 18.1. The van der Waals surface area contributed by atoms with Crippen LogP contribution in [-0.4, -0.2) is 48.6 Å². The fraction of sp³-hybridized carbons (Fsp3) is 0.576. The molecular weight excluding hydrogens is 492 g/mol. The summed E-state index contributed by atoms with van der Waals surface area (Å²) in [6, 6.07) is 13.7. The van der Waals surface area contributed by atoms with E-state index in [1.807, 2.05) is 0 Å². The van der Waals surface area contributed by atoms with Gasteiger partial charge >= 0.3 is 11.9 Å². The molecule has 39 heavy (non-hydrogen) atoms. The van der Waals surface area contributed by atoms with E-state index in [0.29, 0.717) is 26.1 Å². The molecule has 0 fully saturated rings. The molecule has 0 aromatic heterocycles. The molecule has 0 spiro atoms. The molecule has 2 aromatic rings. The van der Waals surface area contributed by atoms with Crippen molar-refractivity contribution in [3.05, 3.63) is 58.7 Å². The van der Waals surface area contributed by atoms with Gasteiger partial charge in [-0.25, -0.2) is 0 Å². The number of carbonyl (C=O) groups is 2. The molecule has 0 radical (unpaired) electrons. The molecule has 0 amide bonds. The van der Waals surface area contributed by atoms with E-state index in [1.165, 1.54) is 33.4 Å². The Morgan fingerprint density at radius 1 is 0.692 bits per heavy atom. The van der Waals surface area contributed by atoms with E-state index in [2.05, 4.69) is 77.9 Å². The molecule has 0 saturated carbocycles. The number of aliphatic carboxylic acids is 2. The summed E-state index contributed by atoms with van der Waals surface area (Å²) >= 11 is 0. The van der Waals surface area contributed by atoms with Gasteiger partial charge in [-0.1, -0.05) is 77.9 Å². The van der Waals surface area contributed by atoms with Crippen molar-refractivity contribution < 1.29 is 29.3 Å². The van der Waals surface area contributed by atoms with E-state index in [1.54, 1.807) is 0 Å². The highest BCUT2D eigenvalue weighted by atomic mass is 16.5. The second-order valence-electron chi connectivity index (χ2n) is 12.1. The summed E-state index contributed by atoms with van der Waals surface area (Å²) in [7, 11) is 0. The summed E-state index contributed by atoms with van der Waals surface area (Å²) in [6.45, 7) is 14.7. The lowest BCUT2D eigenvalue weighted by Gasteiger charge is -2.35. The monoisotopic (exact) mass is 538 g/mol. The van der Waals surface area contributed by atoms with Crippen molar-refractivity contribution in [3.8, 4) is 11.1 Å². The predicted molar refractivity (Wildman–Crippen MR) is 155 cm³/mol. The molecule has 1 aliphatic carbocycles. The Morgan fingerprint density at radius 3 is 1.41 bits per heavy atom. The van der Waals surface area contributed by atoms with Crippen molar-refractivity contribution in [1.29, 1.82) is 0 Å². The maximum absolute atomic E-state index is 11.0. The molecule has 6 heteroatoms. The topological polar surface area (TPSA) is 93.1 Å². The van der Waals surface area contributed by atoms with Crippen molar-refractivity contribution >= 4 is 11.9 Å². The Hall–Kier alpha value is -2.70. The molecule has 2 N–H and O–H groups in total. The molecule has 6 nitrogen and oxygen atoms in total. The summed E-state index contributed by atoms with van der Waals surface area (Å²) in [6.07, 6.45) is 3.33. The third-order valence-electron chi connectivity index (χ3n) is 8.96. The number of rotatable bonds is 16. The van der Waals surface area contributed by atoms with Crippen LogP contribution in [0.4, 0.5) is 0 Å². The molecule has 0 atom stereocenters. The van der Waals surface area contributed by atoms with Gasteiger partial charge in [0.1, 0.15) is 0 Å². The first-order valence-corrected chi connectivity index (χ1v) is 14.3. The van der Waals surface area contributed by atoms with Crippen LogP contribution in [0.5, 0.6) is 0 Å². The minimum atomic E-state index is -0.869. The van der Waals surface area contributed by atoms with Gasteiger partial charge in [-0.2, -0.15) is 0 Å². The zero-order valence-corrected chi connectivity index (χ0v) is 24.6. The maximum Gasteiger partial charge on any atom is 0.305 e. The van der Waals surface area contributed by atoms with Gasteiger partial charge in [0.15, 0.2) is 0 Å². The molecule has 0 bridgehead atoms. The number of carboxylic acid groups (broad SMARTS) is 2. The first kappa shape index (κ1) is 30.8. The van der Waals surface area contributed by atoms with Crippen LogP contribution < -0.4 is 0 Å². The summed E-state index contributed by atoms with van der Waals surface area (Å²) < 4.78 is 11.7. The molecule has 0 heterocycles. The highest BCUT2D eigenvalue weighted by Gasteiger charge is 2.44. The highest BCUT2D eigenvalue weighted by molar-refractivity contribution is 5.82. The van der Waals surface area contributed by atoms with Crippen molar-refractivity contribution in [3.63, 3.8) is 0 Å². The Labute approximate surface area is 233 Å². The average Bonchev–Trinajstić information content (AvgIpc) is 3.16. The van der Waals surface area contributed by atoms with E-state index in [-0.39, 0.29) is 36.9 Å². The van der Waals surface area contributed by atoms with Crippen LogP contribution in [0.3, 0.4) is 0 Å². The third kappa shape index (κ3) is 6.90. The Morgan fingerprint density at radius 2 is 1.08 bits per heavy atom. The number of hydrogen-bond acceptors (Lipinski definition) is 4. The van der Waals surface area contributed by atoms with Crippen molar-refractivity contribution in [2.45, 2.75) is 96.3 Å². The van der Waals surface area contributed by atoms with E-state index in [0.717, 1.165) is 12.8 Å². The van der Waals surface area contributed by atoms with Gasteiger partial charge in [-0.05, 0) is 69.9 Å². The van der Waals surface area contributed by atoms with E-state index in [9.17, 15) is 9.59 Å². The minimum Gasteiger partial charge on any atom is -0.481 e. The molecule has 214 valence electrons. The van der Waals surface area contributed by atoms with Gasteiger partial charge in [0, 0.05) is 18.6 Å². The second-order valence-corrected chi connectivity index (χ2v) is 12.1. The smallest absolute Gasteiger partial charge is 0.305 e. The fourth-order valence-electron chi connectivity index (χ4n) is 5.42. The molecule has 0 aliphatic heterocycles. The van der Waals surface area contributed by atoms with E-state index < -0.39 is 17.4 Å². The number of carboxylic acids is 2. The van der Waals surface area contributed by atoms with Crippen LogP contribution in [0.1, 0.15) is 102 Å². The normalized spacial score (nSPS) is 14.2. The van der Waals surface area contributed by atoms with Gasteiger partial charge < -0.3 is 19.7 Å². The first-order chi connectivity index (χ1) is 18.4. The fourth-order valence-corrected chi connectivity index (χ4v) is 5.42. The van der Waals surface area contributed by atoms with Crippen LogP contribution in [0, 0.1) is 0 Å². The standard InChI is InChI=1S/C33H46O6/c1-7-31(3,4)23-9-11-25-26-12-10-24(32(5,6)8-2)22-28(26)33(27(25)21-23,15-19-38-17-13-29(34)35)16-20-39-18-14-30(36)37/h9-12,21-22H,7-8,13-20H2,1-6H3,(H,34,35)(H,36,37). The first-order valence-electron chi connectivity index (χ1n) is 14.3. The molecule has 2 aromatic carbocycles. The van der Waals surface area contributed by atoms with Gasteiger partial charge in [0.25, 0.3) is 0 Å². The largest absolute Gasteiger partial charge is 0.481 e. The lowest BCUT2D eigenvalue weighted by atomic mass is 9.70. The SMILES string of the molecule is CCC(C)(C)c1ccc2c(c1)C(CCOCCC(=O)O)(CCOCCC(=O)O)c1cc(C(C)(C)CC)ccc1-2. The molecule has 0 unspecified atom stereocenters. The zero-order valence-electron chi connectivity index (χ0n) is 24.6. The van der Waals surface area contributed by atoms with Gasteiger partial charge in [0.05, 0.1) is 26.1 Å². The van der Waals surface area contributed by atoms with E-state index >= 15 is 0 Å². The molecule has 3 rings (SSSR count). The van der Waals surface area contributed by atoms with Gasteiger partial charge in [-0.3, -0.25) is 9.59 Å². The minimum absolute atomic E-state index is 0.0148. The van der Waals surface area contributed by atoms with Crippen LogP contribution in [0.25, 0.3) is 11.1 Å². The average molecular weight is 539 g/mol. The lowest BCUT2D eigenvalue weighted by Crippen LogP contribution is -2.30. The van der Waals surface area contributed by atoms with Gasteiger partial charge in [-0.15, -0.1) is 0 Å². The van der Waals surface area contributed by atoms with Crippen LogP contribution in [0.15, 0.2) is 36.4 Å². The Bertz CT molecular complexity index is 1070. The maximum atomic E-state index is 11.0. The Kier molecular flexibility index (Phi) is 10.0. The lowest BCUT2D eigenvalue weighted by molar-refractivity contribution is -0.139. The summed E-state index contributed by atoms with van der Waals surface area (Å²) in [4.78, 5) is 22.1. The molecule has 0 saturated heterocycles. The van der Waals surface area contributed by atoms with Gasteiger partial charge in [0.2, 0.25) is 0 Å². The van der Waals surface area contributed by atoms with Crippen LogP contribution >= 0.6 is 0 Å². The van der Waals surface area contributed by atoms with Crippen LogP contribution in [-0.2, 0) is 35.3 Å². The second kappa shape index (κ2) is 12.6. The zero-order chi connectivity index (χ0) is 28.8. The number of ether oxygens (including phenoxy) is 2. The predicted octanol–water partition coefficient (Wildman–Crippen LogP) is 7.09. The summed E-state index contributed by atoms with van der Waals surface area (Å²) in [5.41, 5.74) is 7.16. The number of benzene rings is 2. The quantitative estimate of drug-likeness (QED) is 0.222. The Balaban J connectivity index is 2.12.